The molecule has 0 saturated heterocycles. The summed E-state index contributed by atoms with van der Waals surface area (Å²) >= 11 is 5.79. The fraction of sp³-hybridized carbons (Fsp3) is 0.133. The van der Waals surface area contributed by atoms with Crippen molar-refractivity contribution in [3.8, 4) is 0 Å². The number of rotatable bonds is 4. The normalized spacial score (nSPS) is 10.2. The third-order valence-corrected chi connectivity index (χ3v) is 3.00. The van der Waals surface area contributed by atoms with Crippen LogP contribution in [0.1, 0.15) is 11.1 Å². The minimum absolute atomic E-state index is 0.0147. The van der Waals surface area contributed by atoms with Crippen LogP contribution in [-0.2, 0) is 17.8 Å². The lowest BCUT2D eigenvalue weighted by atomic mass is 10.1. The predicted molar refractivity (Wildman–Crippen MR) is 77.9 cm³/mol. The van der Waals surface area contributed by atoms with Gasteiger partial charge in [0, 0.05) is 17.3 Å². The standard InChI is InChI=1S/C15H15ClN2O/c16-13-5-1-11(2-6-13)9-15(19)18-10-12-3-7-14(17)8-4-12/h1-8H,9-10,17H2,(H,18,19). The van der Waals surface area contributed by atoms with Crippen molar-refractivity contribution in [1.29, 1.82) is 0 Å². The van der Waals surface area contributed by atoms with Gasteiger partial charge in [0.15, 0.2) is 0 Å². The summed E-state index contributed by atoms with van der Waals surface area (Å²) in [5.74, 6) is -0.0147. The van der Waals surface area contributed by atoms with E-state index in [1.807, 2.05) is 36.4 Å². The molecule has 0 heterocycles. The average Bonchev–Trinajstić information content (AvgIpc) is 2.41. The van der Waals surface area contributed by atoms with E-state index in [0.29, 0.717) is 18.0 Å². The van der Waals surface area contributed by atoms with Gasteiger partial charge in [-0.25, -0.2) is 0 Å². The summed E-state index contributed by atoms with van der Waals surface area (Å²) < 4.78 is 0. The Balaban J connectivity index is 1.84. The Kier molecular flexibility index (Phi) is 4.42. The average molecular weight is 275 g/mol. The van der Waals surface area contributed by atoms with Crippen LogP contribution < -0.4 is 11.1 Å². The Labute approximate surface area is 117 Å². The molecule has 0 saturated carbocycles. The van der Waals surface area contributed by atoms with E-state index >= 15 is 0 Å². The van der Waals surface area contributed by atoms with Crippen LogP contribution in [0.5, 0.6) is 0 Å². The van der Waals surface area contributed by atoms with E-state index in [1.54, 1.807) is 12.1 Å². The smallest absolute Gasteiger partial charge is 0.224 e. The van der Waals surface area contributed by atoms with E-state index in [9.17, 15) is 4.79 Å². The first-order chi connectivity index (χ1) is 9.13. The van der Waals surface area contributed by atoms with Gasteiger partial charge in [-0.3, -0.25) is 4.79 Å². The van der Waals surface area contributed by atoms with Gasteiger partial charge in [0.2, 0.25) is 5.91 Å². The number of hydrogen-bond donors (Lipinski definition) is 2. The number of halogens is 1. The van der Waals surface area contributed by atoms with Gasteiger partial charge < -0.3 is 11.1 Å². The van der Waals surface area contributed by atoms with Crippen molar-refractivity contribution in [2.75, 3.05) is 5.73 Å². The van der Waals surface area contributed by atoms with Gasteiger partial charge in [-0.2, -0.15) is 0 Å². The Bertz CT molecular complexity index is 549. The van der Waals surface area contributed by atoms with Crippen molar-refractivity contribution in [3.05, 3.63) is 64.7 Å². The van der Waals surface area contributed by atoms with Crippen LogP contribution >= 0.6 is 11.6 Å². The second-order valence-electron chi connectivity index (χ2n) is 4.32. The molecule has 3 nitrogen and oxygen atoms in total. The molecule has 0 bridgehead atoms. The van der Waals surface area contributed by atoms with Crippen molar-refractivity contribution >= 4 is 23.2 Å². The lowest BCUT2D eigenvalue weighted by Gasteiger charge is -2.06. The molecule has 2 aromatic carbocycles. The zero-order chi connectivity index (χ0) is 13.7. The predicted octanol–water partition coefficient (Wildman–Crippen LogP) is 2.78. The highest BCUT2D eigenvalue weighted by Gasteiger charge is 2.03. The lowest BCUT2D eigenvalue weighted by molar-refractivity contribution is -0.120. The summed E-state index contributed by atoms with van der Waals surface area (Å²) in [7, 11) is 0. The van der Waals surface area contributed by atoms with Crippen molar-refractivity contribution in [2.24, 2.45) is 0 Å². The molecule has 4 heteroatoms. The molecule has 0 aromatic heterocycles. The molecule has 0 atom stereocenters. The third-order valence-electron chi connectivity index (χ3n) is 2.75. The fourth-order valence-electron chi connectivity index (χ4n) is 1.69. The largest absolute Gasteiger partial charge is 0.399 e. The molecule has 2 aromatic rings. The number of carbonyl (C=O) groups is 1. The molecule has 98 valence electrons. The van der Waals surface area contributed by atoms with Crippen LogP contribution in [0.15, 0.2) is 48.5 Å². The molecule has 0 radical (unpaired) electrons. The Morgan fingerprint density at radius 3 is 2.21 bits per heavy atom. The molecule has 0 aliphatic heterocycles. The molecule has 19 heavy (non-hydrogen) atoms. The lowest BCUT2D eigenvalue weighted by Crippen LogP contribution is -2.24. The van der Waals surface area contributed by atoms with Crippen LogP contribution in [0.4, 0.5) is 5.69 Å². The molecule has 0 aliphatic rings. The van der Waals surface area contributed by atoms with E-state index < -0.39 is 0 Å². The highest BCUT2D eigenvalue weighted by molar-refractivity contribution is 6.30. The first-order valence-electron chi connectivity index (χ1n) is 5.99. The third kappa shape index (κ3) is 4.30. The fourth-order valence-corrected chi connectivity index (χ4v) is 1.81. The Morgan fingerprint density at radius 1 is 1.00 bits per heavy atom. The van der Waals surface area contributed by atoms with Crippen LogP contribution in [0.25, 0.3) is 0 Å². The molecule has 1 amide bonds. The molecule has 0 aliphatic carbocycles. The number of benzene rings is 2. The van der Waals surface area contributed by atoms with E-state index in [4.69, 9.17) is 17.3 Å². The van der Waals surface area contributed by atoms with Gasteiger partial charge in [-0.05, 0) is 35.4 Å². The van der Waals surface area contributed by atoms with Gasteiger partial charge in [-0.1, -0.05) is 35.9 Å². The Hall–Kier alpha value is -2.00. The van der Waals surface area contributed by atoms with Crippen molar-refractivity contribution in [2.45, 2.75) is 13.0 Å². The maximum Gasteiger partial charge on any atom is 0.224 e. The topological polar surface area (TPSA) is 55.1 Å². The SMILES string of the molecule is Nc1ccc(CNC(=O)Cc2ccc(Cl)cc2)cc1. The van der Waals surface area contributed by atoms with E-state index in [-0.39, 0.29) is 5.91 Å². The van der Waals surface area contributed by atoms with Gasteiger partial charge in [-0.15, -0.1) is 0 Å². The minimum atomic E-state index is -0.0147. The molecule has 0 fully saturated rings. The zero-order valence-corrected chi connectivity index (χ0v) is 11.2. The van der Waals surface area contributed by atoms with Gasteiger partial charge in [0.25, 0.3) is 0 Å². The number of amides is 1. The van der Waals surface area contributed by atoms with Crippen LogP contribution in [0.2, 0.25) is 5.02 Å². The van der Waals surface area contributed by atoms with Gasteiger partial charge in [0.05, 0.1) is 6.42 Å². The summed E-state index contributed by atoms with van der Waals surface area (Å²) in [6.07, 6.45) is 0.353. The molecule has 3 N–H and O–H groups in total. The summed E-state index contributed by atoms with van der Waals surface area (Å²) in [6.45, 7) is 0.507. The zero-order valence-electron chi connectivity index (χ0n) is 10.4. The van der Waals surface area contributed by atoms with Crippen molar-refractivity contribution in [3.63, 3.8) is 0 Å². The van der Waals surface area contributed by atoms with Crippen LogP contribution in [-0.4, -0.2) is 5.91 Å². The second-order valence-corrected chi connectivity index (χ2v) is 4.76. The highest BCUT2D eigenvalue weighted by Crippen LogP contribution is 2.10. The van der Waals surface area contributed by atoms with Crippen molar-refractivity contribution < 1.29 is 4.79 Å². The molecular formula is C15H15ClN2O. The second kappa shape index (κ2) is 6.25. The Morgan fingerprint density at radius 2 is 1.58 bits per heavy atom. The van der Waals surface area contributed by atoms with Gasteiger partial charge in [0.1, 0.15) is 0 Å². The van der Waals surface area contributed by atoms with Crippen LogP contribution in [0.3, 0.4) is 0 Å². The summed E-state index contributed by atoms with van der Waals surface area (Å²) in [5, 5.41) is 3.54. The monoisotopic (exact) mass is 274 g/mol. The number of nitrogen functional groups attached to an aromatic ring is 1. The van der Waals surface area contributed by atoms with Gasteiger partial charge >= 0.3 is 0 Å². The van der Waals surface area contributed by atoms with E-state index in [2.05, 4.69) is 5.32 Å². The minimum Gasteiger partial charge on any atom is -0.399 e. The highest BCUT2D eigenvalue weighted by atomic mass is 35.5. The molecular weight excluding hydrogens is 260 g/mol. The van der Waals surface area contributed by atoms with Crippen molar-refractivity contribution in [1.82, 2.24) is 5.32 Å². The number of carbonyl (C=O) groups excluding carboxylic acids is 1. The number of anilines is 1. The molecule has 2 rings (SSSR count). The molecule has 0 spiro atoms. The maximum atomic E-state index is 11.8. The van der Waals surface area contributed by atoms with E-state index in [0.717, 1.165) is 16.8 Å². The van der Waals surface area contributed by atoms with Crippen LogP contribution in [0, 0.1) is 0 Å². The maximum absolute atomic E-state index is 11.8. The quantitative estimate of drug-likeness (QED) is 0.843. The number of nitrogens with two attached hydrogens (primary N) is 1. The number of hydrogen-bond acceptors (Lipinski definition) is 2. The van der Waals surface area contributed by atoms with E-state index in [1.165, 1.54) is 0 Å². The summed E-state index contributed by atoms with van der Waals surface area (Å²) in [5.41, 5.74) is 8.29. The first-order valence-corrected chi connectivity index (χ1v) is 6.37. The molecule has 0 unspecified atom stereocenters. The summed E-state index contributed by atoms with van der Waals surface area (Å²) in [4.78, 5) is 11.8. The first kappa shape index (κ1) is 13.4. The number of nitrogens with one attached hydrogen (secondary N) is 1. The summed E-state index contributed by atoms with van der Waals surface area (Å²) in [6, 6.07) is 14.7.